The van der Waals surface area contributed by atoms with Crippen LogP contribution in [0.5, 0.6) is 0 Å². The highest BCUT2D eigenvalue weighted by atomic mass is 16.3. The first-order valence-corrected chi connectivity index (χ1v) is 8.38. The highest BCUT2D eigenvalue weighted by molar-refractivity contribution is 5.62. The van der Waals surface area contributed by atoms with Crippen LogP contribution >= 0.6 is 0 Å². The first-order chi connectivity index (χ1) is 11.9. The lowest BCUT2D eigenvalue weighted by atomic mass is 10.1. The van der Waals surface area contributed by atoms with Gasteiger partial charge in [0, 0.05) is 42.8 Å². The fourth-order valence-electron chi connectivity index (χ4n) is 3.00. The van der Waals surface area contributed by atoms with Gasteiger partial charge in [-0.15, -0.1) is 0 Å². The van der Waals surface area contributed by atoms with Crippen LogP contribution in [0.1, 0.15) is 19.4 Å². The highest BCUT2D eigenvalue weighted by Crippen LogP contribution is 2.24. The van der Waals surface area contributed by atoms with E-state index in [-0.39, 0.29) is 0 Å². The molecule has 2 heterocycles. The Kier molecular flexibility index (Phi) is 4.97. The van der Waals surface area contributed by atoms with Crippen molar-refractivity contribution in [1.82, 2.24) is 19.7 Å². The summed E-state index contributed by atoms with van der Waals surface area (Å²) in [6.45, 7) is 4.93. The smallest absolute Gasteiger partial charge is 0.0973 e. The third kappa shape index (κ3) is 4.53. The molecule has 1 aromatic carbocycles. The van der Waals surface area contributed by atoms with Gasteiger partial charge in [0.1, 0.15) is 0 Å². The summed E-state index contributed by atoms with van der Waals surface area (Å²) in [6.07, 6.45) is 5.62. The highest BCUT2D eigenvalue weighted by Gasteiger charge is 2.19. The molecular formula is C20H24N4O. The van der Waals surface area contributed by atoms with Crippen molar-refractivity contribution in [2.75, 3.05) is 13.6 Å². The Morgan fingerprint density at radius 1 is 1.08 bits per heavy atom. The van der Waals surface area contributed by atoms with E-state index in [1.807, 2.05) is 68.0 Å². The van der Waals surface area contributed by atoms with Crippen molar-refractivity contribution in [1.29, 1.82) is 0 Å². The number of aliphatic hydroxyl groups is 1. The number of likely N-dealkylation sites (N-methyl/N-ethyl adjacent to an activating group) is 1. The second kappa shape index (κ2) is 7.17. The third-order valence-corrected chi connectivity index (χ3v) is 3.86. The molecule has 0 amide bonds. The van der Waals surface area contributed by atoms with Crippen LogP contribution in [0.25, 0.3) is 16.9 Å². The van der Waals surface area contributed by atoms with Crippen molar-refractivity contribution in [3.8, 4) is 16.9 Å². The summed E-state index contributed by atoms with van der Waals surface area (Å²) in [7, 11) is 2.01. The molecule has 0 atom stereocenters. The standard InChI is InChI=1S/C20H24N4O/c1-20(2,25)15-23(3)13-17-14-24(18-7-5-4-6-8-18)22-19(17)16-9-11-21-12-10-16/h4-12,14,25H,13,15H2,1-3H3. The Morgan fingerprint density at radius 3 is 2.40 bits per heavy atom. The fourth-order valence-corrected chi connectivity index (χ4v) is 3.00. The summed E-state index contributed by atoms with van der Waals surface area (Å²) < 4.78 is 1.91. The van der Waals surface area contributed by atoms with Crippen LogP contribution in [-0.4, -0.2) is 44.0 Å². The van der Waals surface area contributed by atoms with Crippen LogP contribution in [0, 0.1) is 0 Å². The van der Waals surface area contributed by atoms with Gasteiger partial charge < -0.3 is 5.11 Å². The van der Waals surface area contributed by atoms with Crippen molar-refractivity contribution < 1.29 is 5.11 Å². The van der Waals surface area contributed by atoms with Crippen molar-refractivity contribution in [3.05, 3.63) is 66.6 Å². The largest absolute Gasteiger partial charge is 0.389 e. The lowest BCUT2D eigenvalue weighted by Crippen LogP contribution is -2.35. The molecule has 0 spiro atoms. The van der Waals surface area contributed by atoms with Gasteiger partial charge in [-0.1, -0.05) is 18.2 Å². The first-order valence-electron chi connectivity index (χ1n) is 8.38. The van der Waals surface area contributed by atoms with E-state index < -0.39 is 5.60 Å². The van der Waals surface area contributed by atoms with E-state index in [1.54, 1.807) is 12.4 Å². The van der Waals surface area contributed by atoms with E-state index >= 15 is 0 Å². The SMILES string of the molecule is CN(Cc1cn(-c2ccccc2)nc1-c1ccncc1)CC(C)(C)O. The van der Waals surface area contributed by atoms with Gasteiger partial charge >= 0.3 is 0 Å². The Labute approximate surface area is 148 Å². The number of benzene rings is 1. The van der Waals surface area contributed by atoms with Gasteiger partial charge in [-0.2, -0.15) is 5.10 Å². The second-order valence-electron chi connectivity index (χ2n) is 7.00. The van der Waals surface area contributed by atoms with Crippen LogP contribution in [-0.2, 0) is 6.54 Å². The van der Waals surface area contributed by atoms with Crippen LogP contribution in [0.3, 0.4) is 0 Å². The number of nitrogens with zero attached hydrogens (tertiary/aromatic N) is 4. The molecule has 0 saturated carbocycles. The Morgan fingerprint density at radius 2 is 1.76 bits per heavy atom. The van der Waals surface area contributed by atoms with Gasteiger partial charge in [0.25, 0.3) is 0 Å². The maximum Gasteiger partial charge on any atom is 0.0973 e. The average Bonchev–Trinajstić information content (AvgIpc) is 2.98. The maximum absolute atomic E-state index is 10.1. The topological polar surface area (TPSA) is 54.2 Å². The summed E-state index contributed by atoms with van der Waals surface area (Å²) in [5, 5.41) is 14.9. The van der Waals surface area contributed by atoms with Crippen molar-refractivity contribution in [2.24, 2.45) is 0 Å². The monoisotopic (exact) mass is 336 g/mol. The zero-order valence-electron chi connectivity index (χ0n) is 14.9. The molecule has 0 bridgehead atoms. The molecule has 3 rings (SSSR count). The molecule has 0 aliphatic heterocycles. The van der Waals surface area contributed by atoms with Gasteiger partial charge in [0.2, 0.25) is 0 Å². The summed E-state index contributed by atoms with van der Waals surface area (Å²) in [5.74, 6) is 0. The molecule has 5 heteroatoms. The van der Waals surface area contributed by atoms with E-state index in [1.165, 1.54) is 0 Å². The minimum atomic E-state index is -0.735. The predicted octanol–water partition coefficient (Wildman–Crippen LogP) is 3.14. The molecule has 0 saturated heterocycles. The fraction of sp³-hybridized carbons (Fsp3) is 0.300. The normalized spacial score (nSPS) is 11.9. The molecule has 5 nitrogen and oxygen atoms in total. The van der Waals surface area contributed by atoms with E-state index in [4.69, 9.17) is 5.10 Å². The van der Waals surface area contributed by atoms with Crippen LogP contribution in [0.4, 0.5) is 0 Å². The molecule has 0 aliphatic carbocycles. The van der Waals surface area contributed by atoms with E-state index in [0.717, 1.165) is 22.5 Å². The molecule has 25 heavy (non-hydrogen) atoms. The van der Waals surface area contributed by atoms with Crippen molar-refractivity contribution >= 4 is 0 Å². The summed E-state index contributed by atoms with van der Waals surface area (Å²) in [4.78, 5) is 6.21. The number of para-hydroxylation sites is 1. The summed E-state index contributed by atoms with van der Waals surface area (Å²) in [5.41, 5.74) is 3.38. The van der Waals surface area contributed by atoms with Crippen molar-refractivity contribution in [3.63, 3.8) is 0 Å². The zero-order chi connectivity index (χ0) is 17.9. The predicted molar refractivity (Wildman–Crippen MR) is 99.4 cm³/mol. The van der Waals surface area contributed by atoms with Crippen LogP contribution in [0.2, 0.25) is 0 Å². The van der Waals surface area contributed by atoms with E-state index in [2.05, 4.69) is 16.1 Å². The van der Waals surface area contributed by atoms with Gasteiger partial charge in [-0.3, -0.25) is 9.88 Å². The molecule has 0 aliphatic rings. The number of hydrogen-bond donors (Lipinski definition) is 1. The van der Waals surface area contributed by atoms with Gasteiger partial charge in [0.15, 0.2) is 0 Å². The minimum Gasteiger partial charge on any atom is -0.389 e. The molecule has 0 fully saturated rings. The molecule has 1 N–H and O–H groups in total. The lowest BCUT2D eigenvalue weighted by Gasteiger charge is -2.25. The number of pyridine rings is 1. The van der Waals surface area contributed by atoms with E-state index in [9.17, 15) is 5.11 Å². The van der Waals surface area contributed by atoms with Crippen molar-refractivity contribution in [2.45, 2.75) is 26.0 Å². The molecule has 0 unspecified atom stereocenters. The molecule has 2 aromatic heterocycles. The Balaban J connectivity index is 1.96. The molecular weight excluding hydrogens is 312 g/mol. The van der Waals surface area contributed by atoms with Gasteiger partial charge in [0.05, 0.1) is 17.0 Å². The van der Waals surface area contributed by atoms with Gasteiger partial charge in [-0.05, 0) is 45.2 Å². The number of aromatic nitrogens is 3. The molecule has 130 valence electrons. The minimum absolute atomic E-state index is 0.583. The van der Waals surface area contributed by atoms with Crippen LogP contribution < -0.4 is 0 Å². The first kappa shape index (κ1) is 17.3. The number of rotatable bonds is 6. The molecule has 3 aromatic rings. The maximum atomic E-state index is 10.1. The molecule has 0 radical (unpaired) electrons. The Hall–Kier alpha value is -2.50. The van der Waals surface area contributed by atoms with Crippen LogP contribution in [0.15, 0.2) is 61.1 Å². The lowest BCUT2D eigenvalue weighted by molar-refractivity contribution is 0.0425. The Bertz CT molecular complexity index is 807. The zero-order valence-corrected chi connectivity index (χ0v) is 14.9. The average molecular weight is 336 g/mol. The number of hydrogen-bond acceptors (Lipinski definition) is 4. The second-order valence-corrected chi connectivity index (χ2v) is 7.00. The van der Waals surface area contributed by atoms with E-state index in [0.29, 0.717) is 13.1 Å². The quantitative estimate of drug-likeness (QED) is 0.751. The summed E-state index contributed by atoms with van der Waals surface area (Å²) >= 11 is 0. The third-order valence-electron chi connectivity index (χ3n) is 3.86. The summed E-state index contributed by atoms with van der Waals surface area (Å²) in [6, 6.07) is 14.0. The van der Waals surface area contributed by atoms with Gasteiger partial charge in [-0.25, -0.2) is 4.68 Å².